The van der Waals surface area contributed by atoms with Gasteiger partial charge in [0.25, 0.3) is 5.78 Å². The van der Waals surface area contributed by atoms with Crippen LogP contribution in [0.1, 0.15) is 11.1 Å². The monoisotopic (exact) mass is 438 g/mol. The summed E-state index contributed by atoms with van der Waals surface area (Å²) in [5.74, 6) is -1.84. The van der Waals surface area contributed by atoms with Gasteiger partial charge in [-0.1, -0.05) is 48.5 Å². The third kappa shape index (κ3) is 6.99. The molecule has 0 aliphatic heterocycles. The predicted octanol–water partition coefficient (Wildman–Crippen LogP) is 3.01. The summed E-state index contributed by atoms with van der Waals surface area (Å²) in [4.78, 5) is 27.7. The van der Waals surface area contributed by atoms with E-state index in [1.165, 1.54) is 6.08 Å². The molecule has 0 radical (unpaired) electrons. The number of ether oxygens (including phenoxy) is 4. The molecule has 0 saturated carbocycles. The van der Waals surface area contributed by atoms with E-state index in [4.69, 9.17) is 14.2 Å². The van der Waals surface area contributed by atoms with Crippen molar-refractivity contribution >= 4 is 17.5 Å². The van der Waals surface area contributed by atoms with Crippen LogP contribution < -0.4 is 4.74 Å². The highest BCUT2D eigenvalue weighted by Crippen LogP contribution is 2.18. The Balaban J connectivity index is 2.17. The van der Waals surface area contributed by atoms with Crippen molar-refractivity contribution in [2.24, 2.45) is 5.92 Å². The first-order chi connectivity index (χ1) is 15.5. The van der Waals surface area contributed by atoms with Gasteiger partial charge in [-0.2, -0.15) is 4.79 Å². The molecule has 0 fully saturated rings. The van der Waals surface area contributed by atoms with E-state index in [2.05, 4.69) is 16.1 Å². The van der Waals surface area contributed by atoms with Gasteiger partial charge in [0.05, 0.1) is 34.0 Å². The third-order valence-corrected chi connectivity index (χ3v) is 4.67. The Hall–Kier alpha value is -3.58. The van der Waals surface area contributed by atoms with Crippen molar-refractivity contribution in [1.29, 1.82) is 0 Å². The SMILES string of the molecule is C=C[C@H](COCc1ccccc1)[C@@H](OCc1ccc(OC)cc1)C(=O)C(=[N+]=[N-])C(=O)OC. The smallest absolute Gasteiger partial charge is 0.444 e. The third-order valence-electron chi connectivity index (χ3n) is 4.67. The number of esters is 1. The van der Waals surface area contributed by atoms with Crippen molar-refractivity contribution < 1.29 is 33.3 Å². The van der Waals surface area contributed by atoms with Crippen LogP contribution in [0.3, 0.4) is 0 Å². The molecule has 0 aromatic heterocycles. The van der Waals surface area contributed by atoms with Crippen molar-refractivity contribution in [3.63, 3.8) is 0 Å². The fraction of sp³-hybridized carbons (Fsp3) is 0.292. The molecule has 0 heterocycles. The van der Waals surface area contributed by atoms with Crippen molar-refractivity contribution in [3.8, 4) is 5.75 Å². The van der Waals surface area contributed by atoms with E-state index in [0.717, 1.165) is 18.2 Å². The van der Waals surface area contributed by atoms with Gasteiger partial charge < -0.3 is 24.5 Å². The molecule has 0 N–H and O–H groups in total. The lowest BCUT2D eigenvalue weighted by atomic mass is 9.96. The highest BCUT2D eigenvalue weighted by Gasteiger charge is 2.40. The van der Waals surface area contributed by atoms with E-state index < -0.39 is 29.5 Å². The number of methoxy groups -OCH3 is 2. The van der Waals surface area contributed by atoms with E-state index in [9.17, 15) is 15.1 Å². The first kappa shape index (κ1) is 24.7. The Bertz CT molecular complexity index is 952. The maximum Gasteiger partial charge on any atom is 0.444 e. The van der Waals surface area contributed by atoms with E-state index in [1.54, 1.807) is 31.4 Å². The zero-order valence-electron chi connectivity index (χ0n) is 18.1. The molecular formula is C24H26N2O6. The minimum Gasteiger partial charge on any atom is -0.497 e. The number of hydrogen-bond acceptors (Lipinski definition) is 6. The molecule has 2 rings (SSSR count). The second kappa shape index (κ2) is 13.0. The summed E-state index contributed by atoms with van der Waals surface area (Å²) >= 11 is 0. The molecule has 168 valence electrons. The van der Waals surface area contributed by atoms with Crippen molar-refractivity contribution in [2.45, 2.75) is 19.3 Å². The molecule has 2 aromatic rings. The van der Waals surface area contributed by atoms with Crippen LogP contribution >= 0.6 is 0 Å². The van der Waals surface area contributed by atoms with Crippen LogP contribution in [0, 0.1) is 5.92 Å². The summed E-state index contributed by atoms with van der Waals surface area (Å²) in [5, 5.41) is 0. The lowest BCUT2D eigenvalue weighted by Crippen LogP contribution is -2.42. The summed E-state index contributed by atoms with van der Waals surface area (Å²) in [6.07, 6.45) is 0.323. The molecule has 0 bridgehead atoms. The van der Waals surface area contributed by atoms with Crippen LogP contribution in [-0.2, 0) is 37.0 Å². The first-order valence-electron chi connectivity index (χ1n) is 9.87. The van der Waals surface area contributed by atoms with Gasteiger partial charge in [0, 0.05) is 5.92 Å². The Morgan fingerprint density at radius 1 is 1.03 bits per heavy atom. The minimum absolute atomic E-state index is 0.0588. The predicted molar refractivity (Wildman–Crippen MR) is 117 cm³/mol. The van der Waals surface area contributed by atoms with E-state index in [-0.39, 0.29) is 13.2 Å². The van der Waals surface area contributed by atoms with Crippen molar-refractivity contribution in [3.05, 3.63) is 83.9 Å². The number of ketones is 1. The standard InChI is InChI=1S/C24H26N2O6/c1-4-19(16-31-14-17-8-6-5-7-9-17)23(22(27)21(26-25)24(28)30-3)32-15-18-10-12-20(29-2)13-11-18/h4-13,19,23H,1,14-16H2,2-3H3/t19-,23-/m1/s1. The van der Waals surface area contributed by atoms with Crippen molar-refractivity contribution in [2.75, 3.05) is 20.8 Å². The number of nitrogens with zero attached hydrogens (tertiary/aromatic N) is 2. The van der Waals surface area contributed by atoms with Crippen LogP contribution in [0.5, 0.6) is 5.75 Å². The molecule has 0 aliphatic carbocycles. The van der Waals surface area contributed by atoms with E-state index in [0.29, 0.717) is 12.4 Å². The maximum atomic E-state index is 13.0. The Morgan fingerprint density at radius 3 is 2.25 bits per heavy atom. The molecule has 32 heavy (non-hydrogen) atoms. The summed E-state index contributed by atoms with van der Waals surface area (Å²) in [6, 6.07) is 16.6. The second-order valence-corrected chi connectivity index (χ2v) is 6.78. The number of Topliss-reactive ketones (excluding diaryl/α,β-unsaturated/α-hetero) is 1. The zero-order valence-corrected chi connectivity index (χ0v) is 18.1. The molecule has 8 nitrogen and oxygen atoms in total. The van der Waals surface area contributed by atoms with Gasteiger partial charge in [-0.15, -0.1) is 6.58 Å². The number of carbonyl (C=O) groups is 2. The molecule has 2 aromatic carbocycles. The molecule has 0 saturated heterocycles. The fourth-order valence-electron chi connectivity index (χ4n) is 2.89. The quantitative estimate of drug-likeness (QED) is 0.119. The summed E-state index contributed by atoms with van der Waals surface area (Å²) in [7, 11) is 2.65. The summed E-state index contributed by atoms with van der Waals surface area (Å²) in [6.45, 7) is 4.25. The lowest BCUT2D eigenvalue weighted by molar-refractivity contribution is -0.143. The molecule has 0 spiro atoms. The molecule has 2 atom stereocenters. The molecule has 8 heteroatoms. The van der Waals surface area contributed by atoms with Gasteiger partial charge in [-0.05, 0) is 23.3 Å². The average Bonchev–Trinajstić information content (AvgIpc) is 2.84. The first-order valence-corrected chi connectivity index (χ1v) is 9.87. The highest BCUT2D eigenvalue weighted by atomic mass is 16.5. The largest absolute Gasteiger partial charge is 0.497 e. The summed E-state index contributed by atoms with van der Waals surface area (Å²) < 4.78 is 21.3. The second-order valence-electron chi connectivity index (χ2n) is 6.78. The normalized spacial score (nSPS) is 12.2. The van der Waals surface area contributed by atoms with E-state index >= 15 is 0 Å². The van der Waals surface area contributed by atoms with Crippen molar-refractivity contribution in [1.82, 2.24) is 0 Å². The van der Waals surface area contributed by atoms with Crippen LogP contribution in [0.15, 0.2) is 67.3 Å². The fourth-order valence-corrected chi connectivity index (χ4v) is 2.89. The zero-order chi connectivity index (χ0) is 23.3. The van der Waals surface area contributed by atoms with Crippen LogP contribution in [0.25, 0.3) is 5.53 Å². The van der Waals surface area contributed by atoms with Gasteiger partial charge >= 0.3 is 11.7 Å². The minimum atomic E-state index is -1.18. The van der Waals surface area contributed by atoms with Crippen LogP contribution in [0.4, 0.5) is 0 Å². The molecular weight excluding hydrogens is 412 g/mol. The number of rotatable bonds is 13. The van der Waals surface area contributed by atoms with Gasteiger partial charge in [0.2, 0.25) is 0 Å². The number of carbonyl (C=O) groups excluding carboxylic acids is 2. The lowest BCUT2D eigenvalue weighted by Gasteiger charge is -2.22. The average molecular weight is 438 g/mol. The molecule has 0 aliphatic rings. The van der Waals surface area contributed by atoms with Crippen LogP contribution in [-0.4, -0.2) is 49.2 Å². The van der Waals surface area contributed by atoms with Gasteiger partial charge in [-0.25, -0.2) is 4.79 Å². The molecule has 0 unspecified atom stereocenters. The molecule has 0 amide bonds. The van der Waals surface area contributed by atoms with Gasteiger partial charge in [0.1, 0.15) is 11.9 Å². The highest BCUT2D eigenvalue weighted by molar-refractivity contribution is 6.63. The topological polar surface area (TPSA) is 107 Å². The number of benzene rings is 2. The van der Waals surface area contributed by atoms with Crippen LogP contribution in [0.2, 0.25) is 0 Å². The number of hydrogen-bond donors (Lipinski definition) is 0. The Kier molecular flexibility index (Phi) is 10.0. The van der Waals surface area contributed by atoms with E-state index in [1.807, 2.05) is 30.3 Å². The maximum absolute atomic E-state index is 13.0. The Labute approximate surface area is 187 Å². The van der Waals surface area contributed by atoms with Gasteiger partial charge in [-0.3, -0.25) is 4.79 Å². The van der Waals surface area contributed by atoms with Gasteiger partial charge in [0.15, 0.2) is 0 Å². The Morgan fingerprint density at radius 2 is 1.69 bits per heavy atom. The summed E-state index contributed by atoms with van der Waals surface area (Å²) in [5.41, 5.74) is 10.2.